The van der Waals surface area contributed by atoms with Gasteiger partial charge in [0.1, 0.15) is 0 Å². The Morgan fingerprint density at radius 2 is 2.21 bits per heavy atom. The highest BCUT2D eigenvalue weighted by Gasteiger charge is 2.11. The first kappa shape index (κ1) is 12.1. The van der Waals surface area contributed by atoms with Gasteiger partial charge in [-0.15, -0.1) is 11.3 Å². The van der Waals surface area contributed by atoms with Crippen molar-refractivity contribution in [3.8, 4) is 0 Å². The fourth-order valence-corrected chi connectivity index (χ4v) is 2.82. The maximum atomic E-state index is 11.8. The van der Waals surface area contributed by atoms with E-state index in [-0.39, 0.29) is 5.91 Å². The summed E-state index contributed by atoms with van der Waals surface area (Å²) >= 11 is 1.51. The number of carbonyl (C=O) groups is 1. The maximum Gasteiger partial charge on any atom is 0.248 e. The summed E-state index contributed by atoms with van der Waals surface area (Å²) in [6.07, 6.45) is 6.74. The molecule has 1 heterocycles. The Morgan fingerprint density at radius 1 is 1.32 bits per heavy atom. The minimum Gasteiger partial charge on any atom is -0.323 e. The lowest BCUT2D eigenvalue weighted by atomic mass is 10.1. The van der Waals surface area contributed by atoms with E-state index in [4.69, 9.17) is 0 Å². The molecule has 19 heavy (non-hydrogen) atoms. The van der Waals surface area contributed by atoms with E-state index in [2.05, 4.69) is 22.4 Å². The van der Waals surface area contributed by atoms with Crippen LogP contribution in [-0.4, -0.2) is 10.9 Å². The van der Waals surface area contributed by atoms with Gasteiger partial charge in [0.15, 0.2) is 0 Å². The summed E-state index contributed by atoms with van der Waals surface area (Å²) in [5, 5.41) is 4.79. The van der Waals surface area contributed by atoms with Crippen LogP contribution in [0.5, 0.6) is 0 Å². The summed E-state index contributed by atoms with van der Waals surface area (Å²) in [5.41, 5.74) is 6.21. The first-order valence-electron chi connectivity index (χ1n) is 6.30. The molecule has 1 aromatic carbocycles. The number of nitrogens with zero attached hydrogens (tertiary/aromatic N) is 1. The SMILES string of the molecule is O=C(C=Cc1cscn1)Nc1ccc2c(c1)CCC2. The number of benzene rings is 1. The van der Waals surface area contributed by atoms with Crippen molar-refractivity contribution >= 4 is 29.0 Å². The van der Waals surface area contributed by atoms with Crippen molar-refractivity contribution in [1.29, 1.82) is 0 Å². The van der Waals surface area contributed by atoms with Crippen molar-refractivity contribution in [2.45, 2.75) is 19.3 Å². The van der Waals surface area contributed by atoms with Gasteiger partial charge >= 0.3 is 0 Å². The quantitative estimate of drug-likeness (QED) is 0.870. The van der Waals surface area contributed by atoms with Gasteiger partial charge in [-0.25, -0.2) is 4.98 Å². The van der Waals surface area contributed by atoms with Crippen LogP contribution in [0.25, 0.3) is 6.08 Å². The topological polar surface area (TPSA) is 42.0 Å². The van der Waals surface area contributed by atoms with Crippen LogP contribution in [0.3, 0.4) is 0 Å². The predicted molar refractivity (Wildman–Crippen MR) is 78.2 cm³/mol. The highest BCUT2D eigenvalue weighted by Crippen LogP contribution is 2.24. The molecular weight excluding hydrogens is 256 g/mol. The summed E-state index contributed by atoms with van der Waals surface area (Å²) in [5.74, 6) is -0.119. The van der Waals surface area contributed by atoms with Gasteiger partial charge in [0.2, 0.25) is 5.91 Å². The lowest BCUT2D eigenvalue weighted by Gasteiger charge is -2.05. The molecule has 1 amide bonds. The molecule has 0 spiro atoms. The fraction of sp³-hybridized carbons (Fsp3) is 0.200. The van der Waals surface area contributed by atoms with Crippen molar-refractivity contribution < 1.29 is 4.79 Å². The minimum atomic E-state index is -0.119. The zero-order valence-corrected chi connectivity index (χ0v) is 11.2. The number of fused-ring (bicyclic) bond motifs is 1. The number of hydrogen-bond donors (Lipinski definition) is 1. The van der Waals surface area contributed by atoms with E-state index < -0.39 is 0 Å². The standard InChI is InChI=1S/C15H14N2OS/c18-15(7-6-14-9-19-10-16-14)17-13-5-4-11-2-1-3-12(11)8-13/h4-10H,1-3H2,(H,17,18). The van der Waals surface area contributed by atoms with Crippen LogP contribution in [0.15, 0.2) is 35.2 Å². The van der Waals surface area contributed by atoms with Gasteiger partial charge < -0.3 is 5.32 Å². The van der Waals surface area contributed by atoms with Gasteiger partial charge in [0.25, 0.3) is 0 Å². The lowest BCUT2D eigenvalue weighted by molar-refractivity contribution is -0.111. The van der Waals surface area contributed by atoms with Gasteiger partial charge in [0.05, 0.1) is 11.2 Å². The van der Waals surface area contributed by atoms with Crippen LogP contribution in [0.4, 0.5) is 5.69 Å². The lowest BCUT2D eigenvalue weighted by Crippen LogP contribution is -2.08. The molecule has 2 aromatic rings. The third-order valence-electron chi connectivity index (χ3n) is 3.22. The number of rotatable bonds is 3. The number of nitrogens with one attached hydrogen (secondary N) is 1. The van der Waals surface area contributed by atoms with Crippen molar-refractivity contribution in [1.82, 2.24) is 4.98 Å². The second-order valence-electron chi connectivity index (χ2n) is 4.57. The molecular formula is C15H14N2OS. The second-order valence-corrected chi connectivity index (χ2v) is 5.29. The largest absolute Gasteiger partial charge is 0.323 e. The van der Waals surface area contributed by atoms with E-state index in [9.17, 15) is 4.79 Å². The molecule has 4 heteroatoms. The van der Waals surface area contributed by atoms with Crippen molar-refractivity contribution in [2.75, 3.05) is 5.32 Å². The summed E-state index contributed by atoms with van der Waals surface area (Å²) in [6.45, 7) is 0. The highest BCUT2D eigenvalue weighted by molar-refractivity contribution is 7.07. The van der Waals surface area contributed by atoms with Crippen LogP contribution in [0.1, 0.15) is 23.2 Å². The van der Waals surface area contributed by atoms with E-state index in [1.807, 2.05) is 11.4 Å². The zero-order valence-electron chi connectivity index (χ0n) is 10.4. The first-order chi connectivity index (χ1) is 9.31. The number of carbonyl (C=O) groups excluding carboxylic acids is 1. The summed E-state index contributed by atoms with van der Waals surface area (Å²) < 4.78 is 0. The number of anilines is 1. The monoisotopic (exact) mass is 270 g/mol. The summed E-state index contributed by atoms with van der Waals surface area (Å²) in [6, 6.07) is 6.16. The molecule has 0 atom stereocenters. The van der Waals surface area contributed by atoms with E-state index in [1.54, 1.807) is 11.6 Å². The van der Waals surface area contributed by atoms with Crippen molar-refractivity contribution in [2.24, 2.45) is 0 Å². The zero-order chi connectivity index (χ0) is 13.1. The van der Waals surface area contributed by atoms with Gasteiger partial charge in [-0.2, -0.15) is 0 Å². The predicted octanol–water partition coefficient (Wildman–Crippen LogP) is 3.28. The van der Waals surface area contributed by atoms with Gasteiger partial charge in [0, 0.05) is 17.1 Å². The molecule has 0 saturated heterocycles. The second kappa shape index (κ2) is 5.36. The smallest absolute Gasteiger partial charge is 0.248 e. The molecule has 0 bridgehead atoms. The van der Waals surface area contributed by atoms with Crippen LogP contribution in [0, 0.1) is 0 Å². The molecule has 0 aliphatic heterocycles. The minimum absolute atomic E-state index is 0.119. The summed E-state index contributed by atoms with van der Waals surface area (Å²) in [7, 11) is 0. The molecule has 0 unspecified atom stereocenters. The number of aromatic nitrogens is 1. The van der Waals surface area contributed by atoms with Crippen molar-refractivity contribution in [3.63, 3.8) is 0 Å². The molecule has 0 fully saturated rings. The van der Waals surface area contributed by atoms with Crippen LogP contribution >= 0.6 is 11.3 Å². The molecule has 1 aromatic heterocycles. The van der Waals surface area contributed by atoms with Gasteiger partial charge in [-0.3, -0.25) is 4.79 Å². The Labute approximate surface area is 116 Å². The van der Waals surface area contributed by atoms with E-state index in [0.717, 1.165) is 24.2 Å². The van der Waals surface area contributed by atoms with Gasteiger partial charge in [-0.05, 0) is 48.6 Å². The first-order valence-corrected chi connectivity index (χ1v) is 7.24. The third-order valence-corrected chi connectivity index (χ3v) is 3.83. The molecule has 3 nitrogen and oxygen atoms in total. The number of hydrogen-bond acceptors (Lipinski definition) is 3. The van der Waals surface area contributed by atoms with Crippen LogP contribution in [-0.2, 0) is 17.6 Å². The molecule has 96 valence electrons. The molecule has 3 rings (SSSR count). The Hall–Kier alpha value is -1.94. The molecule has 1 aliphatic rings. The normalized spacial score (nSPS) is 13.7. The van der Waals surface area contributed by atoms with E-state index in [1.165, 1.54) is 35.0 Å². The Bertz CT molecular complexity index is 617. The van der Waals surface area contributed by atoms with Crippen LogP contribution in [0.2, 0.25) is 0 Å². The van der Waals surface area contributed by atoms with E-state index in [0.29, 0.717) is 0 Å². The van der Waals surface area contributed by atoms with Crippen LogP contribution < -0.4 is 5.32 Å². The van der Waals surface area contributed by atoms with Crippen molar-refractivity contribution in [3.05, 3.63) is 52.0 Å². The number of amides is 1. The average molecular weight is 270 g/mol. The summed E-state index contributed by atoms with van der Waals surface area (Å²) in [4.78, 5) is 15.9. The average Bonchev–Trinajstić information content (AvgIpc) is 3.07. The molecule has 1 aliphatic carbocycles. The highest BCUT2D eigenvalue weighted by atomic mass is 32.1. The Morgan fingerprint density at radius 3 is 3.05 bits per heavy atom. The number of aryl methyl sites for hydroxylation is 2. The van der Waals surface area contributed by atoms with Gasteiger partial charge in [-0.1, -0.05) is 6.07 Å². The fourth-order valence-electron chi connectivity index (χ4n) is 2.30. The molecule has 0 saturated carbocycles. The van der Waals surface area contributed by atoms with E-state index >= 15 is 0 Å². The Balaban J connectivity index is 1.66. The third kappa shape index (κ3) is 2.90. The maximum absolute atomic E-state index is 11.8. The Kier molecular flexibility index (Phi) is 3.42. The number of thiazole rings is 1. The molecule has 1 N–H and O–H groups in total. The molecule has 0 radical (unpaired) electrons.